The van der Waals surface area contributed by atoms with Crippen molar-refractivity contribution in [2.24, 2.45) is 5.73 Å². The Hall–Kier alpha value is -2.76. The maximum absolute atomic E-state index is 11.4. The molecule has 0 bridgehead atoms. The molecule has 6 nitrogen and oxygen atoms in total. The van der Waals surface area contributed by atoms with Crippen molar-refractivity contribution in [3.05, 3.63) is 42.6 Å². The number of carbonyl (C=O) groups excluding carboxylic acids is 2. The van der Waals surface area contributed by atoms with Crippen molar-refractivity contribution in [2.75, 3.05) is 18.4 Å². The van der Waals surface area contributed by atoms with Gasteiger partial charge in [0, 0.05) is 30.4 Å². The molecule has 6 heteroatoms. The summed E-state index contributed by atoms with van der Waals surface area (Å²) in [6.07, 6.45) is 3.10. The average Bonchev–Trinajstić information content (AvgIpc) is 2.90. The predicted octanol–water partition coefficient (Wildman–Crippen LogP) is 1.08. The van der Waals surface area contributed by atoms with Crippen LogP contribution in [-0.4, -0.2) is 40.8 Å². The van der Waals surface area contributed by atoms with Crippen LogP contribution in [0.5, 0.6) is 0 Å². The van der Waals surface area contributed by atoms with Crippen LogP contribution in [0.15, 0.2) is 37.1 Å². The predicted molar refractivity (Wildman–Crippen MR) is 81.0 cm³/mol. The zero-order valence-electron chi connectivity index (χ0n) is 11.4. The van der Waals surface area contributed by atoms with Crippen LogP contribution in [0.25, 0.3) is 10.9 Å². The van der Waals surface area contributed by atoms with E-state index < -0.39 is 5.91 Å². The molecule has 1 aromatic heterocycles. The summed E-state index contributed by atoms with van der Waals surface area (Å²) >= 11 is 0. The fourth-order valence-electron chi connectivity index (χ4n) is 2.59. The van der Waals surface area contributed by atoms with E-state index in [9.17, 15) is 9.59 Å². The molecule has 1 aromatic carbocycles. The Morgan fingerprint density at radius 3 is 2.81 bits per heavy atom. The third kappa shape index (κ3) is 2.24. The summed E-state index contributed by atoms with van der Waals surface area (Å²) in [6, 6.07) is 5.64. The van der Waals surface area contributed by atoms with Gasteiger partial charge in [0.2, 0.25) is 5.91 Å². The molecule has 1 aliphatic heterocycles. The van der Waals surface area contributed by atoms with Crippen LogP contribution in [0.2, 0.25) is 0 Å². The van der Waals surface area contributed by atoms with Gasteiger partial charge in [-0.1, -0.05) is 6.58 Å². The lowest BCUT2D eigenvalue weighted by Gasteiger charge is -2.39. The molecular formula is C15H16N4O2. The largest absolute Gasteiger partial charge is 0.378 e. The van der Waals surface area contributed by atoms with Gasteiger partial charge in [-0.25, -0.2) is 0 Å². The Balaban J connectivity index is 1.79. The zero-order valence-corrected chi connectivity index (χ0v) is 11.4. The van der Waals surface area contributed by atoms with E-state index in [0.717, 1.165) is 16.6 Å². The number of nitrogens with one attached hydrogen (secondary N) is 2. The van der Waals surface area contributed by atoms with Gasteiger partial charge >= 0.3 is 0 Å². The SMILES string of the molecule is C=CC(=O)N1CC(Nc2ccc(C(N)=O)c3[nH]ccc23)C1. The standard InChI is InChI=1S/C15H16N4O2/c1-2-13(20)19-7-9(8-19)18-12-4-3-11(15(16)21)14-10(12)5-6-17-14/h2-6,9,17-18H,1,7-8H2,(H2,16,21). The molecule has 1 fully saturated rings. The number of amides is 2. The van der Waals surface area contributed by atoms with Gasteiger partial charge in [-0.2, -0.15) is 0 Å². The number of nitrogens with two attached hydrogens (primary N) is 1. The maximum Gasteiger partial charge on any atom is 0.250 e. The second-order valence-electron chi connectivity index (χ2n) is 5.08. The zero-order chi connectivity index (χ0) is 15.0. The van der Waals surface area contributed by atoms with E-state index in [0.29, 0.717) is 18.7 Å². The van der Waals surface area contributed by atoms with Crippen LogP contribution in [0.3, 0.4) is 0 Å². The number of fused-ring (bicyclic) bond motifs is 1. The molecule has 21 heavy (non-hydrogen) atoms. The van der Waals surface area contributed by atoms with E-state index >= 15 is 0 Å². The summed E-state index contributed by atoms with van der Waals surface area (Å²) in [5.41, 5.74) is 7.48. The monoisotopic (exact) mass is 284 g/mol. The first-order valence-electron chi connectivity index (χ1n) is 6.68. The van der Waals surface area contributed by atoms with E-state index in [1.165, 1.54) is 6.08 Å². The lowest BCUT2D eigenvalue weighted by atomic mass is 10.1. The van der Waals surface area contributed by atoms with E-state index in [2.05, 4.69) is 16.9 Å². The third-order valence-electron chi connectivity index (χ3n) is 3.72. The second kappa shape index (κ2) is 4.97. The van der Waals surface area contributed by atoms with Crippen LogP contribution in [0, 0.1) is 0 Å². The highest BCUT2D eigenvalue weighted by Gasteiger charge is 2.29. The van der Waals surface area contributed by atoms with Gasteiger partial charge in [0.1, 0.15) is 0 Å². The number of aromatic nitrogens is 1. The normalized spacial score (nSPS) is 14.8. The van der Waals surface area contributed by atoms with Crippen molar-refractivity contribution < 1.29 is 9.59 Å². The number of rotatable bonds is 4. The Morgan fingerprint density at radius 2 is 2.14 bits per heavy atom. The molecule has 0 aliphatic carbocycles. The number of nitrogens with zero attached hydrogens (tertiary/aromatic N) is 1. The number of likely N-dealkylation sites (tertiary alicyclic amines) is 1. The molecule has 108 valence electrons. The second-order valence-corrected chi connectivity index (χ2v) is 5.08. The van der Waals surface area contributed by atoms with Gasteiger partial charge in [-0.05, 0) is 24.3 Å². The van der Waals surface area contributed by atoms with Gasteiger partial charge in [-0.3, -0.25) is 9.59 Å². The Labute approximate surface area is 121 Å². The third-order valence-corrected chi connectivity index (χ3v) is 3.72. The number of hydrogen-bond donors (Lipinski definition) is 3. The van der Waals surface area contributed by atoms with Crippen molar-refractivity contribution in [1.82, 2.24) is 9.88 Å². The van der Waals surface area contributed by atoms with Gasteiger partial charge in [0.15, 0.2) is 0 Å². The van der Waals surface area contributed by atoms with E-state index in [-0.39, 0.29) is 11.9 Å². The highest BCUT2D eigenvalue weighted by atomic mass is 16.2. The molecule has 2 heterocycles. The minimum Gasteiger partial charge on any atom is -0.378 e. The number of anilines is 1. The first-order valence-corrected chi connectivity index (χ1v) is 6.68. The number of primary amides is 1. The molecule has 0 saturated carbocycles. The summed E-state index contributed by atoms with van der Waals surface area (Å²) in [5, 5.41) is 4.30. The topological polar surface area (TPSA) is 91.2 Å². The van der Waals surface area contributed by atoms with Gasteiger partial charge in [0.05, 0.1) is 17.1 Å². The Bertz CT molecular complexity index is 728. The highest BCUT2D eigenvalue weighted by Crippen LogP contribution is 2.27. The summed E-state index contributed by atoms with van der Waals surface area (Å²) in [7, 11) is 0. The minimum absolute atomic E-state index is 0.0519. The number of benzene rings is 1. The van der Waals surface area contributed by atoms with Crippen molar-refractivity contribution >= 4 is 28.4 Å². The molecule has 4 N–H and O–H groups in total. The molecule has 0 unspecified atom stereocenters. The number of carbonyl (C=O) groups is 2. The summed E-state index contributed by atoms with van der Waals surface area (Å²) in [4.78, 5) is 27.6. The quantitative estimate of drug-likeness (QED) is 0.734. The molecule has 1 aliphatic rings. The highest BCUT2D eigenvalue weighted by molar-refractivity contribution is 6.08. The molecule has 0 spiro atoms. The number of aromatic amines is 1. The molecule has 0 atom stereocenters. The van der Waals surface area contributed by atoms with Crippen molar-refractivity contribution in [1.29, 1.82) is 0 Å². The lowest BCUT2D eigenvalue weighted by Crippen LogP contribution is -2.56. The molecule has 0 radical (unpaired) electrons. The Kier molecular flexibility index (Phi) is 3.13. The molecule has 2 aromatic rings. The first kappa shape index (κ1) is 13.2. The van der Waals surface area contributed by atoms with Crippen molar-refractivity contribution in [3.63, 3.8) is 0 Å². The summed E-state index contributed by atoms with van der Waals surface area (Å²) < 4.78 is 0. The first-order chi connectivity index (χ1) is 10.1. The van der Waals surface area contributed by atoms with Crippen molar-refractivity contribution in [2.45, 2.75) is 6.04 Å². The van der Waals surface area contributed by atoms with E-state index in [1.807, 2.05) is 12.1 Å². The summed E-state index contributed by atoms with van der Waals surface area (Å²) in [6.45, 7) is 4.77. The van der Waals surface area contributed by atoms with E-state index in [4.69, 9.17) is 5.73 Å². The molecule has 1 saturated heterocycles. The van der Waals surface area contributed by atoms with Crippen molar-refractivity contribution in [3.8, 4) is 0 Å². The molecule has 2 amide bonds. The smallest absolute Gasteiger partial charge is 0.250 e. The minimum atomic E-state index is -0.458. The van der Waals surface area contributed by atoms with Crippen LogP contribution in [0.4, 0.5) is 5.69 Å². The lowest BCUT2D eigenvalue weighted by molar-refractivity contribution is -0.129. The van der Waals surface area contributed by atoms with Gasteiger partial charge < -0.3 is 20.9 Å². The Morgan fingerprint density at radius 1 is 1.38 bits per heavy atom. The maximum atomic E-state index is 11.4. The molecular weight excluding hydrogens is 268 g/mol. The number of hydrogen-bond acceptors (Lipinski definition) is 3. The number of H-pyrrole nitrogens is 1. The average molecular weight is 284 g/mol. The van der Waals surface area contributed by atoms with E-state index in [1.54, 1.807) is 17.2 Å². The van der Waals surface area contributed by atoms with Crippen LogP contribution in [0.1, 0.15) is 10.4 Å². The fourth-order valence-corrected chi connectivity index (χ4v) is 2.59. The van der Waals surface area contributed by atoms with Gasteiger partial charge in [0.25, 0.3) is 5.91 Å². The molecule has 3 rings (SSSR count). The summed E-state index contributed by atoms with van der Waals surface area (Å²) in [5.74, 6) is -0.510. The van der Waals surface area contributed by atoms with Gasteiger partial charge in [-0.15, -0.1) is 0 Å². The van der Waals surface area contributed by atoms with Crippen LogP contribution < -0.4 is 11.1 Å². The van der Waals surface area contributed by atoms with Crippen LogP contribution >= 0.6 is 0 Å². The van der Waals surface area contributed by atoms with Crippen LogP contribution in [-0.2, 0) is 4.79 Å². The fraction of sp³-hybridized carbons (Fsp3) is 0.200.